The van der Waals surface area contributed by atoms with E-state index in [2.05, 4.69) is 13.8 Å². The highest BCUT2D eigenvalue weighted by atomic mass is 16.8. The topological polar surface area (TPSA) is 83.8 Å². The first-order chi connectivity index (χ1) is 11.4. The van der Waals surface area contributed by atoms with E-state index in [1.54, 1.807) is 6.92 Å². The number of hydroxylamine groups is 4. The minimum Gasteiger partial charge on any atom is -0.598 e. The Kier molecular flexibility index (Phi) is 6.32. The second kappa shape index (κ2) is 7.04. The fraction of sp³-hybridized carbons (Fsp3) is 0.950. The van der Waals surface area contributed by atoms with Crippen molar-refractivity contribution in [1.82, 2.24) is 4.90 Å². The van der Waals surface area contributed by atoms with Crippen LogP contribution in [0.1, 0.15) is 94.4 Å². The van der Waals surface area contributed by atoms with Crippen molar-refractivity contribution in [2.75, 3.05) is 0 Å². The largest absolute Gasteiger partial charge is 0.598 e. The number of rotatable bonds is 0. The molecule has 0 spiro atoms. The molecule has 0 aromatic carbocycles. The van der Waals surface area contributed by atoms with Crippen molar-refractivity contribution in [2.45, 2.75) is 123 Å². The van der Waals surface area contributed by atoms with Gasteiger partial charge in [0.2, 0.25) is 5.91 Å². The van der Waals surface area contributed by atoms with Gasteiger partial charge in [-0.05, 0) is 74.7 Å². The zero-order valence-corrected chi connectivity index (χ0v) is 18.2. The van der Waals surface area contributed by atoms with Gasteiger partial charge in [-0.15, -0.1) is 0 Å². The lowest BCUT2D eigenvalue weighted by atomic mass is 9.78. The fourth-order valence-electron chi connectivity index (χ4n) is 4.79. The normalized spacial score (nSPS) is 30.8. The summed E-state index contributed by atoms with van der Waals surface area (Å²) in [5, 5.41) is 31.6. The van der Waals surface area contributed by atoms with Crippen LogP contribution in [0.3, 0.4) is 0 Å². The minimum atomic E-state index is -1.10. The van der Waals surface area contributed by atoms with Crippen molar-refractivity contribution >= 4 is 5.91 Å². The zero-order valence-electron chi connectivity index (χ0n) is 18.2. The van der Waals surface area contributed by atoms with E-state index in [4.69, 9.17) is 0 Å². The second-order valence-electron chi connectivity index (χ2n) is 10.4. The van der Waals surface area contributed by atoms with E-state index in [1.165, 1.54) is 0 Å². The van der Waals surface area contributed by atoms with Crippen LogP contribution >= 0.6 is 0 Å². The Balaban J connectivity index is 0.000000263. The molecule has 0 saturated carbocycles. The van der Waals surface area contributed by atoms with Crippen LogP contribution in [-0.2, 0) is 4.79 Å². The number of aliphatic hydroxyl groups excluding tert-OH is 1. The number of hydrogen-bond donors (Lipinski definition) is 2. The van der Waals surface area contributed by atoms with E-state index in [9.17, 15) is 20.3 Å². The number of hydrogen-bond acceptors (Lipinski definition) is 4. The molecule has 2 N–H and O–H groups in total. The summed E-state index contributed by atoms with van der Waals surface area (Å²) in [4.78, 5) is 12.3. The second-order valence-corrected chi connectivity index (χ2v) is 10.4. The third-order valence-corrected chi connectivity index (χ3v) is 6.56. The van der Waals surface area contributed by atoms with E-state index in [1.807, 2.05) is 46.4 Å². The highest BCUT2D eigenvalue weighted by Crippen LogP contribution is 2.42. The molecule has 2 fully saturated rings. The molecule has 1 amide bonds. The number of carbonyl (C=O) groups excluding carboxylic acids is 1. The average molecular weight is 373 g/mol. The quantitative estimate of drug-likeness (QED) is 0.498. The molecule has 154 valence electrons. The third-order valence-electron chi connectivity index (χ3n) is 6.56. The van der Waals surface area contributed by atoms with E-state index >= 15 is 0 Å². The number of aliphatic hydroxyl groups is 1. The number of quaternary nitrogens is 1. The van der Waals surface area contributed by atoms with Gasteiger partial charge in [-0.1, -0.05) is 0 Å². The van der Waals surface area contributed by atoms with Crippen LogP contribution in [0.4, 0.5) is 0 Å². The van der Waals surface area contributed by atoms with E-state index in [-0.39, 0.29) is 11.4 Å². The molecule has 0 aromatic heterocycles. The van der Waals surface area contributed by atoms with Crippen LogP contribution in [0.2, 0.25) is 0 Å². The zero-order chi connectivity index (χ0) is 20.8. The summed E-state index contributed by atoms with van der Waals surface area (Å²) in [7, 11) is 0. The lowest BCUT2D eigenvalue weighted by Gasteiger charge is -2.58. The van der Waals surface area contributed by atoms with E-state index in [0.717, 1.165) is 32.1 Å². The number of carbonyl (C=O) groups is 1. The number of piperidine rings is 2. The highest BCUT2D eigenvalue weighted by molar-refractivity contribution is 5.75. The molecule has 6 nitrogen and oxygen atoms in total. The number of likely N-dealkylation sites (tertiary alicyclic amines) is 1. The van der Waals surface area contributed by atoms with Gasteiger partial charge in [0, 0.05) is 25.3 Å². The van der Waals surface area contributed by atoms with E-state index < -0.39 is 27.5 Å². The number of nitrogens with zero attached hydrogens (tertiary/aromatic N) is 2. The van der Waals surface area contributed by atoms with Gasteiger partial charge in [-0.3, -0.25) is 4.79 Å². The Morgan fingerprint density at radius 3 is 1.73 bits per heavy atom. The minimum absolute atomic E-state index is 0.0405. The van der Waals surface area contributed by atoms with Gasteiger partial charge in [0.15, 0.2) is 0 Å². The highest BCUT2D eigenvalue weighted by Gasteiger charge is 2.51. The van der Waals surface area contributed by atoms with E-state index in [0.29, 0.717) is 0 Å². The molecule has 1 unspecified atom stereocenters. The lowest BCUT2D eigenvalue weighted by Crippen LogP contribution is -2.68. The summed E-state index contributed by atoms with van der Waals surface area (Å²) in [5.41, 5.74) is -1.70. The SMILES string of the molecule is CC(=O)N1C(C)(C)CCC(O)C1(C)C.CC1(C)CCCC(C)(C)[N+]1([O-])O. The molecule has 6 heteroatoms. The standard InChI is InChI=1S/C11H21NO2.C9H19NO2/c1-8(13)12-10(2,3)7-6-9(14)11(12,4)5;1-8(2)6-5-7-9(3,4)10(8,11)12/h9,14H,6-7H2,1-5H3;11H,5-7H2,1-4H3. The van der Waals surface area contributed by atoms with Crippen molar-refractivity contribution in [3.05, 3.63) is 5.21 Å². The molecule has 2 rings (SSSR count). The molecule has 2 aliphatic rings. The summed E-state index contributed by atoms with van der Waals surface area (Å²) >= 11 is 0. The van der Waals surface area contributed by atoms with Gasteiger partial charge in [0.25, 0.3) is 0 Å². The first-order valence-electron chi connectivity index (χ1n) is 9.72. The molecule has 26 heavy (non-hydrogen) atoms. The first kappa shape index (κ1) is 23.3. The maximum atomic E-state index is 11.9. The van der Waals surface area contributed by atoms with Gasteiger partial charge in [0.1, 0.15) is 11.1 Å². The Hall–Kier alpha value is -0.690. The van der Waals surface area contributed by atoms with Crippen molar-refractivity contribution < 1.29 is 19.9 Å². The van der Waals surface area contributed by atoms with Crippen LogP contribution < -0.4 is 0 Å². The Morgan fingerprint density at radius 2 is 1.42 bits per heavy atom. The number of amides is 1. The predicted molar refractivity (Wildman–Crippen MR) is 103 cm³/mol. The predicted octanol–water partition coefficient (Wildman–Crippen LogP) is 3.98. The fourth-order valence-corrected chi connectivity index (χ4v) is 4.79. The third kappa shape index (κ3) is 4.08. The molecular formula is C20H40N2O4. The monoisotopic (exact) mass is 372 g/mol. The Morgan fingerprint density at radius 1 is 1.00 bits per heavy atom. The van der Waals surface area contributed by atoms with Crippen molar-refractivity contribution in [3.63, 3.8) is 0 Å². The molecule has 0 aromatic rings. The first-order valence-corrected chi connectivity index (χ1v) is 9.72. The van der Waals surface area contributed by atoms with Gasteiger partial charge >= 0.3 is 0 Å². The van der Waals surface area contributed by atoms with Gasteiger partial charge < -0.3 is 15.2 Å². The smallest absolute Gasteiger partial charge is 0.220 e. The summed E-state index contributed by atoms with van der Waals surface area (Å²) in [6.45, 7) is 16.9. The molecule has 0 radical (unpaired) electrons. The lowest BCUT2D eigenvalue weighted by molar-refractivity contribution is -1.14. The maximum absolute atomic E-state index is 11.9. The van der Waals surface area contributed by atoms with Crippen LogP contribution in [0.5, 0.6) is 0 Å². The summed E-state index contributed by atoms with van der Waals surface area (Å²) in [6, 6.07) is 0. The van der Waals surface area contributed by atoms with Gasteiger partial charge in [0.05, 0.1) is 11.6 Å². The van der Waals surface area contributed by atoms with Crippen molar-refractivity contribution in [3.8, 4) is 0 Å². The van der Waals surface area contributed by atoms with Crippen molar-refractivity contribution in [1.29, 1.82) is 0 Å². The van der Waals surface area contributed by atoms with Crippen LogP contribution in [0.25, 0.3) is 0 Å². The molecule has 2 heterocycles. The van der Waals surface area contributed by atoms with Crippen LogP contribution in [0.15, 0.2) is 0 Å². The molecule has 0 aliphatic carbocycles. The summed E-state index contributed by atoms with van der Waals surface area (Å²) < 4.78 is 0. The molecular weight excluding hydrogens is 332 g/mol. The Labute approximate surface area is 159 Å². The molecule has 1 atom stereocenters. The van der Waals surface area contributed by atoms with Crippen molar-refractivity contribution in [2.24, 2.45) is 0 Å². The molecule has 2 aliphatic heterocycles. The maximum Gasteiger partial charge on any atom is 0.220 e. The van der Waals surface area contributed by atoms with Crippen LogP contribution in [0, 0.1) is 5.21 Å². The van der Waals surface area contributed by atoms with Gasteiger partial charge in [-0.25, -0.2) is 10.0 Å². The van der Waals surface area contributed by atoms with Crippen LogP contribution in [-0.4, -0.2) is 54.2 Å². The summed E-state index contributed by atoms with van der Waals surface area (Å²) in [5.74, 6) is 0.0405. The molecule has 2 saturated heterocycles. The summed E-state index contributed by atoms with van der Waals surface area (Å²) in [6.07, 6.45) is 3.84. The molecule has 0 bridgehead atoms. The Bertz CT molecular complexity index is 506. The van der Waals surface area contributed by atoms with Gasteiger partial charge in [-0.2, -0.15) is 0 Å². The average Bonchev–Trinajstić information content (AvgIpc) is 2.40.